The van der Waals surface area contributed by atoms with Crippen LogP contribution in [-0.4, -0.2) is 4.98 Å². The van der Waals surface area contributed by atoms with Crippen LogP contribution in [0, 0.1) is 0 Å². The zero-order chi connectivity index (χ0) is 11.0. The molecule has 2 heterocycles. The van der Waals surface area contributed by atoms with Gasteiger partial charge in [-0.25, -0.2) is 0 Å². The summed E-state index contributed by atoms with van der Waals surface area (Å²) in [7, 11) is 0. The van der Waals surface area contributed by atoms with Crippen molar-refractivity contribution in [2.45, 2.75) is 0 Å². The molecule has 0 bridgehead atoms. The van der Waals surface area contributed by atoms with E-state index in [9.17, 15) is 0 Å². The topological polar surface area (TPSA) is 12.9 Å². The van der Waals surface area contributed by atoms with Crippen LogP contribution in [0.2, 0.25) is 4.34 Å². The van der Waals surface area contributed by atoms with Crippen molar-refractivity contribution in [2.75, 3.05) is 0 Å². The van der Waals surface area contributed by atoms with Crippen LogP contribution in [0.4, 0.5) is 0 Å². The summed E-state index contributed by atoms with van der Waals surface area (Å²) >= 11 is 7.53. The molecule has 0 atom stereocenters. The van der Waals surface area contributed by atoms with Crippen molar-refractivity contribution in [1.82, 2.24) is 4.98 Å². The van der Waals surface area contributed by atoms with E-state index in [2.05, 4.69) is 23.2 Å². The van der Waals surface area contributed by atoms with Gasteiger partial charge in [-0.2, -0.15) is 0 Å². The van der Waals surface area contributed by atoms with Gasteiger partial charge in [-0.3, -0.25) is 4.98 Å². The van der Waals surface area contributed by atoms with E-state index < -0.39 is 0 Å². The first-order chi connectivity index (χ1) is 7.83. The first-order valence-electron chi connectivity index (χ1n) is 4.93. The Kier molecular flexibility index (Phi) is 2.39. The summed E-state index contributed by atoms with van der Waals surface area (Å²) < 4.78 is 0.821. The average Bonchev–Trinajstić information content (AvgIpc) is 2.75. The highest BCUT2D eigenvalue weighted by Crippen LogP contribution is 2.32. The van der Waals surface area contributed by atoms with E-state index in [1.54, 1.807) is 11.3 Å². The molecule has 78 valence electrons. The molecule has 16 heavy (non-hydrogen) atoms. The van der Waals surface area contributed by atoms with E-state index in [0.717, 1.165) is 15.2 Å². The van der Waals surface area contributed by atoms with E-state index in [1.807, 2.05) is 30.5 Å². The maximum absolute atomic E-state index is 5.93. The van der Waals surface area contributed by atoms with Gasteiger partial charge in [0.05, 0.1) is 9.85 Å². The Labute approximate surface area is 102 Å². The Hall–Kier alpha value is -1.38. The van der Waals surface area contributed by atoms with Crippen LogP contribution in [0.15, 0.2) is 48.7 Å². The number of nitrogens with zero attached hydrogens (tertiary/aromatic N) is 1. The smallest absolute Gasteiger partial charge is 0.0934 e. The first kappa shape index (κ1) is 9.82. The number of pyridine rings is 1. The second-order valence-electron chi connectivity index (χ2n) is 3.51. The van der Waals surface area contributed by atoms with Gasteiger partial charge in [-0.15, -0.1) is 11.3 Å². The molecule has 0 aliphatic carbocycles. The normalized spacial score (nSPS) is 10.8. The number of fused-ring (bicyclic) bond motifs is 1. The minimum Gasteiger partial charge on any atom is -0.256 e. The van der Waals surface area contributed by atoms with Gasteiger partial charge in [0.15, 0.2) is 0 Å². The third kappa shape index (κ3) is 1.70. The van der Waals surface area contributed by atoms with Crippen molar-refractivity contribution >= 4 is 33.8 Å². The summed E-state index contributed by atoms with van der Waals surface area (Å²) in [5.41, 5.74) is 2.21. The molecule has 0 N–H and O–H groups in total. The Morgan fingerprint density at radius 3 is 2.81 bits per heavy atom. The molecule has 0 unspecified atom stereocenters. The molecule has 0 amide bonds. The summed E-state index contributed by atoms with van der Waals surface area (Å²) in [6.45, 7) is 0. The number of thiophene rings is 1. The zero-order valence-corrected chi connectivity index (χ0v) is 9.92. The van der Waals surface area contributed by atoms with Gasteiger partial charge < -0.3 is 0 Å². The standard InChI is InChI=1S/C13H8ClNS/c14-13-6-5-12(16-13)10-3-4-11-9(8-10)2-1-7-15-11/h1-8H. The minimum absolute atomic E-state index is 0.821. The Morgan fingerprint density at radius 2 is 2.00 bits per heavy atom. The van der Waals surface area contributed by atoms with Crippen molar-refractivity contribution in [2.24, 2.45) is 0 Å². The molecule has 0 aliphatic rings. The quantitative estimate of drug-likeness (QED) is 0.610. The number of hydrogen-bond donors (Lipinski definition) is 0. The molecule has 0 aliphatic heterocycles. The molecule has 0 radical (unpaired) electrons. The monoisotopic (exact) mass is 245 g/mol. The molecule has 3 heteroatoms. The molecule has 3 rings (SSSR count). The molecule has 2 aromatic heterocycles. The van der Waals surface area contributed by atoms with Crippen LogP contribution in [0.1, 0.15) is 0 Å². The van der Waals surface area contributed by atoms with Crippen LogP contribution < -0.4 is 0 Å². The van der Waals surface area contributed by atoms with Gasteiger partial charge in [-0.1, -0.05) is 23.7 Å². The van der Waals surface area contributed by atoms with Crippen LogP contribution in [0.25, 0.3) is 21.3 Å². The molecule has 1 aromatic carbocycles. The van der Waals surface area contributed by atoms with Gasteiger partial charge in [0.2, 0.25) is 0 Å². The van der Waals surface area contributed by atoms with E-state index >= 15 is 0 Å². The number of benzene rings is 1. The maximum atomic E-state index is 5.93. The molecule has 0 spiro atoms. The van der Waals surface area contributed by atoms with Gasteiger partial charge in [0.1, 0.15) is 0 Å². The highest BCUT2D eigenvalue weighted by molar-refractivity contribution is 7.19. The predicted molar refractivity (Wildman–Crippen MR) is 70.1 cm³/mol. The second-order valence-corrected chi connectivity index (χ2v) is 5.23. The summed E-state index contributed by atoms with van der Waals surface area (Å²) in [6, 6.07) is 14.3. The lowest BCUT2D eigenvalue weighted by Gasteiger charge is -2.00. The maximum Gasteiger partial charge on any atom is 0.0934 e. The van der Waals surface area contributed by atoms with Gasteiger partial charge in [-0.05, 0) is 35.9 Å². The number of aromatic nitrogens is 1. The third-order valence-corrected chi connectivity index (χ3v) is 3.74. The van der Waals surface area contributed by atoms with Crippen LogP contribution in [0.3, 0.4) is 0 Å². The van der Waals surface area contributed by atoms with Crippen molar-refractivity contribution in [3.05, 3.63) is 53.0 Å². The fraction of sp³-hybridized carbons (Fsp3) is 0. The Balaban J connectivity index is 2.18. The first-order valence-corrected chi connectivity index (χ1v) is 6.13. The molecule has 0 saturated heterocycles. The zero-order valence-electron chi connectivity index (χ0n) is 8.35. The molecule has 1 nitrogen and oxygen atoms in total. The lowest BCUT2D eigenvalue weighted by molar-refractivity contribution is 1.41. The fourth-order valence-electron chi connectivity index (χ4n) is 1.70. The van der Waals surface area contributed by atoms with Gasteiger partial charge in [0.25, 0.3) is 0 Å². The lowest BCUT2D eigenvalue weighted by Crippen LogP contribution is -1.78. The van der Waals surface area contributed by atoms with Crippen molar-refractivity contribution in [3.8, 4) is 10.4 Å². The van der Waals surface area contributed by atoms with Crippen molar-refractivity contribution in [1.29, 1.82) is 0 Å². The SMILES string of the molecule is Clc1ccc(-c2ccc3ncccc3c2)s1. The van der Waals surface area contributed by atoms with Crippen molar-refractivity contribution in [3.63, 3.8) is 0 Å². The number of hydrogen-bond acceptors (Lipinski definition) is 2. The molecule has 0 fully saturated rings. The second kappa shape index (κ2) is 3.89. The van der Waals surface area contributed by atoms with Crippen molar-refractivity contribution < 1.29 is 0 Å². The fourth-order valence-corrected chi connectivity index (χ4v) is 2.74. The summed E-state index contributed by atoms with van der Waals surface area (Å²) in [4.78, 5) is 5.49. The minimum atomic E-state index is 0.821. The number of rotatable bonds is 1. The number of halogens is 1. The van der Waals surface area contributed by atoms with E-state index in [4.69, 9.17) is 11.6 Å². The van der Waals surface area contributed by atoms with Crippen LogP contribution in [0.5, 0.6) is 0 Å². The summed E-state index contributed by atoms with van der Waals surface area (Å²) in [6.07, 6.45) is 1.81. The highest BCUT2D eigenvalue weighted by atomic mass is 35.5. The summed E-state index contributed by atoms with van der Waals surface area (Å²) in [5, 5.41) is 1.16. The Bertz CT molecular complexity index is 645. The van der Waals surface area contributed by atoms with Gasteiger partial charge >= 0.3 is 0 Å². The van der Waals surface area contributed by atoms with E-state index in [-0.39, 0.29) is 0 Å². The highest BCUT2D eigenvalue weighted by Gasteiger charge is 2.02. The summed E-state index contributed by atoms with van der Waals surface area (Å²) in [5.74, 6) is 0. The van der Waals surface area contributed by atoms with E-state index in [1.165, 1.54) is 10.4 Å². The predicted octanol–water partition coefficient (Wildman–Crippen LogP) is 4.62. The molecule has 0 saturated carbocycles. The molecular formula is C13H8ClNS. The Morgan fingerprint density at radius 1 is 1.06 bits per heavy atom. The lowest BCUT2D eigenvalue weighted by atomic mass is 10.1. The van der Waals surface area contributed by atoms with Crippen LogP contribution >= 0.6 is 22.9 Å². The van der Waals surface area contributed by atoms with E-state index in [0.29, 0.717) is 0 Å². The third-order valence-electron chi connectivity index (χ3n) is 2.46. The van der Waals surface area contributed by atoms with Crippen LogP contribution in [-0.2, 0) is 0 Å². The average molecular weight is 246 g/mol. The molecular weight excluding hydrogens is 238 g/mol. The molecule has 3 aromatic rings. The van der Waals surface area contributed by atoms with Gasteiger partial charge in [0, 0.05) is 16.5 Å². The largest absolute Gasteiger partial charge is 0.256 e.